The summed E-state index contributed by atoms with van der Waals surface area (Å²) in [5.74, 6) is 1.67. The molecule has 0 fully saturated rings. The Morgan fingerprint density at radius 1 is 1.19 bits per heavy atom. The number of hydrogen-bond acceptors (Lipinski definition) is 6. The molecular weight excluding hydrogens is 350 g/mol. The van der Waals surface area contributed by atoms with Crippen molar-refractivity contribution in [1.29, 1.82) is 0 Å². The number of aromatic nitrogens is 4. The number of benzene rings is 1. The Morgan fingerprint density at radius 2 is 2.08 bits per heavy atom. The number of hydrogen-bond donors (Lipinski definition) is 2. The predicted octanol–water partition coefficient (Wildman–Crippen LogP) is 3.16. The summed E-state index contributed by atoms with van der Waals surface area (Å²) in [6, 6.07) is 15.2. The van der Waals surface area contributed by atoms with Gasteiger partial charge in [-0.2, -0.15) is 5.10 Å². The predicted molar refractivity (Wildman–Crippen MR) is 97.7 cm³/mol. The first kappa shape index (κ1) is 16.2. The molecule has 0 saturated heterocycles. The number of nitrogens with one attached hydrogen (secondary N) is 2. The first-order chi connectivity index (χ1) is 12.8. The average Bonchev–Trinajstić information content (AvgIpc) is 3.42. The smallest absolute Gasteiger partial charge is 0.273 e. The molecule has 3 aromatic heterocycles. The molecule has 0 aliphatic carbocycles. The second-order valence-electron chi connectivity index (χ2n) is 5.53. The standard InChI is InChI=1S/C18H15N5O2S/c24-18(13-11-14(25-23-13)15-7-4-10-26-15)19-9-8-16-20-17(22-21-16)12-5-2-1-3-6-12/h1-7,10-11H,8-9H2,(H,19,24)(H,20,21,22). The van der Waals surface area contributed by atoms with Crippen LogP contribution in [-0.4, -0.2) is 32.8 Å². The Morgan fingerprint density at radius 3 is 2.88 bits per heavy atom. The number of amides is 1. The van der Waals surface area contributed by atoms with Gasteiger partial charge in [-0.3, -0.25) is 9.89 Å². The molecule has 7 nitrogen and oxygen atoms in total. The van der Waals surface area contributed by atoms with Crippen LogP contribution in [0.2, 0.25) is 0 Å². The van der Waals surface area contributed by atoms with E-state index in [4.69, 9.17) is 4.52 Å². The Labute approximate surface area is 153 Å². The third-order valence-corrected chi connectivity index (χ3v) is 4.60. The third kappa shape index (κ3) is 3.55. The lowest BCUT2D eigenvalue weighted by atomic mass is 10.2. The van der Waals surface area contributed by atoms with Crippen molar-refractivity contribution >= 4 is 17.2 Å². The fourth-order valence-corrected chi connectivity index (χ4v) is 3.10. The van der Waals surface area contributed by atoms with Gasteiger partial charge in [0.05, 0.1) is 4.88 Å². The highest BCUT2D eigenvalue weighted by molar-refractivity contribution is 7.13. The van der Waals surface area contributed by atoms with Crippen LogP contribution in [0.3, 0.4) is 0 Å². The van der Waals surface area contributed by atoms with Gasteiger partial charge >= 0.3 is 0 Å². The topological polar surface area (TPSA) is 96.7 Å². The second-order valence-corrected chi connectivity index (χ2v) is 6.48. The summed E-state index contributed by atoms with van der Waals surface area (Å²) in [6.07, 6.45) is 0.543. The second kappa shape index (κ2) is 7.32. The zero-order chi connectivity index (χ0) is 17.8. The van der Waals surface area contributed by atoms with Gasteiger partial charge in [-0.25, -0.2) is 4.98 Å². The molecular formula is C18H15N5O2S. The first-order valence-corrected chi connectivity index (χ1v) is 8.93. The SMILES string of the molecule is O=C(NCCc1nc(-c2ccccc2)n[nH]1)c1cc(-c2cccs2)on1. The Kier molecular flexibility index (Phi) is 4.57. The molecule has 130 valence electrons. The van der Waals surface area contributed by atoms with Crippen molar-refractivity contribution in [3.05, 3.63) is 65.4 Å². The van der Waals surface area contributed by atoms with E-state index in [1.165, 1.54) is 11.3 Å². The van der Waals surface area contributed by atoms with Crippen LogP contribution in [-0.2, 0) is 6.42 Å². The molecule has 8 heteroatoms. The van der Waals surface area contributed by atoms with E-state index in [9.17, 15) is 4.79 Å². The number of rotatable bonds is 6. The first-order valence-electron chi connectivity index (χ1n) is 8.05. The maximum absolute atomic E-state index is 12.2. The summed E-state index contributed by atoms with van der Waals surface area (Å²) in [4.78, 5) is 17.5. The highest BCUT2D eigenvalue weighted by Crippen LogP contribution is 2.25. The van der Waals surface area contributed by atoms with Crippen molar-refractivity contribution in [1.82, 2.24) is 25.7 Å². The van der Waals surface area contributed by atoms with Crippen LogP contribution in [0.4, 0.5) is 0 Å². The number of aromatic amines is 1. The number of nitrogens with zero attached hydrogens (tertiary/aromatic N) is 3. The molecule has 0 spiro atoms. The van der Waals surface area contributed by atoms with Crippen molar-refractivity contribution in [2.24, 2.45) is 0 Å². The van der Waals surface area contributed by atoms with Crippen LogP contribution in [0.5, 0.6) is 0 Å². The zero-order valence-electron chi connectivity index (χ0n) is 13.7. The monoisotopic (exact) mass is 365 g/mol. The summed E-state index contributed by atoms with van der Waals surface area (Å²) >= 11 is 1.53. The highest BCUT2D eigenvalue weighted by Gasteiger charge is 2.14. The van der Waals surface area contributed by atoms with Crippen LogP contribution < -0.4 is 5.32 Å². The van der Waals surface area contributed by atoms with Crippen LogP contribution in [0, 0.1) is 0 Å². The van der Waals surface area contributed by atoms with Crippen molar-refractivity contribution in [2.75, 3.05) is 6.54 Å². The molecule has 26 heavy (non-hydrogen) atoms. The minimum atomic E-state index is -0.278. The minimum absolute atomic E-state index is 0.260. The van der Waals surface area contributed by atoms with Crippen LogP contribution in [0.25, 0.3) is 22.0 Å². The quantitative estimate of drug-likeness (QED) is 0.547. The minimum Gasteiger partial charge on any atom is -0.355 e. The van der Waals surface area contributed by atoms with Crippen LogP contribution >= 0.6 is 11.3 Å². The summed E-state index contributed by atoms with van der Waals surface area (Å²) in [6.45, 7) is 0.420. The Hall–Kier alpha value is -3.26. The maximum Gasteiger partial charge on any atom is 0.273 e. The lowest BCUT2D eigenvalue weighted by Gasteiger charge is -2.00. The van der Waals surface area contributed by atoms with E-state index in [2.05, 4.69) is 25.7 Å². The van der Waals surface area contributed by atoms with Gasteiger partial charge in [-0.05, 0) is 11.4 Å². The van der Waals surface area contributed by atoms with Gasteiger partial charge in [0.1, 0.15) is 5.82 Å². The molecule has 0 radical (unpaired) electrons. The normalized spacial score (nSPS) is 10.8. The number of carbonyl (C=O) groups is 1. The van der Waals surface area contributed by atoms with E-state index in [0.29, 0.717) is 30.4 Å². The lowest BCUT2D eigenvalue weighted by molar-refractivity contribution is 0.0945. The fourth-order valence-electron chi connectivity index (χ4n) is 2.43. The van der Waals surface area contributed by atoms with Gasteiger partial charge in [0.2, 0.25) is 0 Å². The third-order valence-electron chi connectivity index (χ3n) is 3.72. The molecule has 1 amide bonds. The molecule has 0 aliphatic heterocycles. The van der Waals surface area contributed by atoms with Gasteiger partial charge < -0.3 is 9.84 Å². The lowest BCUT2D eigenvalue weighted by Crippen LogP contribution is -2.26. The van der Waals surface area contributed by atoms with E-state index in [1.807, 2.05) is 47.8 Å². The Balaban J connectivity index is 1.32. The van der Waals surface area contributed by atoms with Gasteiger partial charge in [-0.1, -0.05) is 41.6 Å². The summed E-state index contributed by atoms with van der Waals surface area (Å²) in [5, 5.41) is 15.7. The molecule has 4 aromatic rings. The molecule has 0 saturated carbocycles. The molecule has 3 heterocycles. The molecule has 0 unspecified atom stereocenters. The largest absolute Gasteiger partial charge is 0.355 e. The van der Waals surface area contributed by atoms with E-state index >= 15 is 0 Å². The molecule has 0 atom stereocenters. The van der Waals surface area contributed by atoms with Crippen LogP contribution in [0.1, 0.15) is 16.3 Å². The van der Waals surface area contributed by atoms with Crippen molar-refractivity contribution in [2.45, 2.75) is 6.42 Å². The number of carbonyl (C=O) groups excluding carboxylic acids is 1. The zero-order valence-corrected chi connectivity index (χ0v) is 14.5. The summed E-state index contributed by atoms with van der Waals surface area (Å²) < 4.78 is 5.22. The molecule has 4 rings (SSSR count). The van der Waals surface area contributed by atoms with E-state index in [-0.39, 0.29) is 11.6 Å². The summed E-state index contributed by atoms with van der Waals surface area (Å²) in [5.41, 5.74) is 1.21. The number of thiophene rings is 1. The fraction of sp³-hybridized carbons (Fsp3) is 0.111. The van der Waals surface area contributed by atoms with E-state index < -0.39 is 0 Å². The van der Waals surface area contributed by atoms with Gasteiger partial charge in [0.15, 0.2) is 17.3 Å². The maximum atomic E-state index is 12.2. The molecule has 1 aromatic carbocycles. The summed E-state index contributed by atoms with van der Waals surface area (Å²) in [7, 11) is 0. The van der Waals surface area contributed by atoms with Crippen molar-refractivity contribution in [3.63, 3.8) is 0 Å². The van der Waals surface area contributed by atoms with E-state index in [0.717, 1.165) is 10.4 Å². The molecule has 0 aliphatic rings. The van der Waals surface area contributed by atoms with Crippen molar-refractivity contribution < 1.29 is 9.32 Å². The highest BCUT2D eigenvalue weighted by atomic mass is 32.1. The van der Waals surface area contributed by atoms with Gasteiger partial charge in [-0.15, -0.1) is 11.3 Å². The van der Waals surface area contributed by atoms with Gasteiger partial charge in [0, 0.05) is 24.6 Å². The van der Waals surface area contributed by atoms with Crippen molar-refractivity contribution in [3.8, 4) is 22.0 Å². The van der Waals surface area contributed by atoms with E-state index in [1.54, 1.807) is 6.07 Å². The molecule has 0 bridgehead atoms. The molecule has 2 N–H and O–H groups in total. The average molecular weight is 365 g/mol. The Bertz CT molecular complexity index is 992. The number of H-pyrrole nitrogens is 1. The van der Waals surface area contributed by atoms with Crippen LogP contribution in [0.15, 0.2) is 58.4 Å². The van der Waals surface area contributed by atoms with Gasteiger partial charge in [0.25, 0.3) is 5.91 Å².